The fourth-order valence-corrected chi connectivity index (χ4v) is 13.2. The summed E-state index contributed by atoms with van der Waals surface area (Å²) in [5, 5.41) is 6.70. The number of anilines is 2. The van der Waals surface area contributed by atoms with E-state index in [4.69, 9.17) is 0 Å². The van der Waals surface area contributed by atoms with Crippen LogP contribution in [0.1, 0.15) is 128 Å². The van der Waals surface area contributed by atoms with Crippen molar-refractivity contribution in [3.63, 3.8) is 0 Å². The van der Waals surface area contributed by atoms with Gasteiger partial charge in [0.2, 0.25) is 0 Å². The molecular formula is C65H61BN2. The van der Waals surface area contributed by atoms with Crippen LogP contribution in [0.5, 0.6) is 0 Å². The molecule has 0 unspecified atom stereocenters. The Kier molecular flexibility index (Phi) is 8.17. The lowest BCUT2D eigenvalue weighted by Gasteiger charge is -2.28. The van der Waals surface area contributed by atoms with Crippen molar-refractivity contribution in [1.82, 2.24) is 4.57 Å². The van der Waals surface area contributed by atoms with Crippen molar-refractivity contribution in [2.24, 2.45) is 0 Å². The highest BCUT2D eigenvalue weighted by Crippen LogP contribution is 2.55. The summed E-state index contributed by atoms with van der Waals surface area (Å²) in [6, 6.07) is 54.7. The quantitative estimate of drug-likeness (QED) is 0.175. The van der Waals surface area contributed by atoms with Gasteiger partial charge in [-0.25, -0.2) is 0 Å². The first-order valence-electron chi connectivity index (χ1n) is 25.0. The number of rotatable bonds is 3. The zero-order valence-electron chi connectivity index (χ0n) is 41.9. The maximum Gasteiger partial charge on any atom is 0.198 e. The van der Waals surface area contributed by atoms with Gasteiger partial charge in [-0.3, -0.25) is 0 Å². The van der Waals surface area contributed by atoms with Crippen LogP contribution < -0.4 is 16.2 Å². The third-order valence-electron chi connectivity index (χ3n) is 17.1. The molecule has 3 heteroatoms. The maximum atomic E-state index is 4.05. The van der Waals surface area contributed by atoms with Crippen LogP contribution in [0.4, 0.5) is 11.4 Å². The van der Waals surface area contributed by atoms with Crippen LogP contribution in [-0.2, 0) is 27.1 Å². The van der Waals surface area contributed by atoms with Crippen LogP contribution in [0.3, 0.4) is 0 Å². The topological polar surface area (TPSA) is 17.0 Å². The molecule has 0 atom stereocenters. The Hall–Kier alpha value is -6.58. The average molecular weight is 881 g/mol. The lowest BCUT2D eigenvalue weighted by atomic mass is 9.58. The van der Waals surface area contributed by atoms with Crippen molar-refractivity contribution < 1.29 is 0 Å². The zero-order chi connectivity index (χ0) is 47.2. The minimum atomic E-state index is -0.179. The Morgan fingerprint density at radius 1 is 0.426 bits per heavy atom. The monoisotopic (exact) mass is 880 g/mol. The van der Waals surface area contributed by atoms with Crippen LogP contribution in [0.2, 0.25) is 0 Å². The molecule has 334 valence electrons. The first kappa shape index (κ1) is 41.6. The molecule has 13 rings (SSSR count). The minimum Gasteiger partial charge on any atom is -0.355 e. The van der Waals surface area contributed by atoms with Gasteiger partial charge in [-0.1, -0.05) is 186 Å². The van der Waals surface area contributed by atoms with Crippen molar-refractivity contribution in [3.8, 4) is 50.2 Å². The van der Waals surface area contributed by atoms with Crippen molar-refractivity contribution in [2.45, 2.75) is 110 Å². The van der Waals surface area contributed by atoms with E-state index in [9.17, 15) is 0 Å². The summed E-state index contributed by atoms with van der Waals surface area (Å²) < 4.78 is 2.68. The normalized spacial score (nSPS) is 16.1. The highest BCUT2D eigenvalue weighted by Gasteiger charge is 2.41. The second-order valence-corrected chi connectivity index (χ2v) is 24.3. The summed E-state index contributed by atoms with van der Waals surface area (Å²) in [6.45, 7) is 28.4. The van der Waals surface area contributed by atoms with E-state index in [1.807, 2.05) is 0 Å². The molecule has 8 aromatic carbocycles. The number of hydrogen-bond acceptors (Lipinski definition) is 1. The molecule has 1 N–H and O–H groups in total. The second kappa shape index (κ2) is 13.4. The molecule has 0 spiro atoms. The highest BCUT2D eigenvalue weighted by molar-refractivity contribution is 6.73. The van der Waals surface area contributed by atoms with Crippen LogP contribution >= 0.6 is 0 Å². The van der Waals surface area contributed by atoms with Crippen LogP contribution in [0.25, 0.3) is 72.0 Å². The van der Waals surface area contributed by atoms with Crippen LogP contribution in [-0.4, -0.2) is 11.8 Å². The van der Waals surface area contributed by atoms with E-state index in [0.717, 1.165) is 18.7 Å². The molecule has 0 bridgehead atoms. The number of hydrogen-bond donors (Lipinski definition) is 1. The summed E-state index contributed by atoms with van der Waals surface area (Å²) in [5.41, 5.74) is 30.6. The van der Waals surface area contributed by atoms with Gasteiger partial charge < -0.3 is 9.88 Å². The SMILES string of the molecule is CC(C)(C)c1ccc(Nc2cc3c(cc2-c2ccc4c5cc6c(cc5n5c4c2Bc2cc4c(cc2-5)-c2ccccc2C4(C)C)C(C)(C)c2ccccc2-6)C(C)(C)c2cc(C(C)(C)C)ccc2-3)cc1. The summed E-state index contributed by atoms with van der Waals surface area (Å²) in [5.74, 6) is 0. The standard InChI is InChI=1S/C65H61BN2/c1-61(2,3)36-21-24-38(25-22-36)67-56-32-45-41-26-23-37(62(4,5)6)29-51(41)65(11,12)52(45)31-47(56)42-27-28-43-48-30-44-39-17-13-15-19-49(39)64(9,10)54(44)35-57(48)68-58-33-46-40-18-14-16-20-50(40)63(7,8)53(46)34-55(58)66-59(42)60(43)68/h13-35,66-67H,1-12H3. The number of nitrogens with one attached hydrogen (secondary N) is 1. The highest BCUT2D eigenvalue weighted by atomic mass is 15.0. The van der Waals surface area contributed by atoms with Gasteiger partial charge in [-0.2, -0.15) is 0 Å². The Morgan fingerprint density at radius 2 is 0.956 bits per heavy atom. The van der Waals surface area contributed by atoms with Crippen molar-refractivity contribution in [2.75, 3.05) is 5.32 Å². The molecule has 0 saturated carbocycles. The van der Waals surface area contributed by atoms with Crippen molar-refractivity contribution >= 4 is 51.4 Å². The molecular weight excluding hydrogens is 820 g/mol. The lowest BCUT2D eigenvalue weighted by molar-refractivity contribution is 0.584. The molecule has 2 heterocycles. The van der Waals surface area contributed by atoms with E-state index in [1.165, 1.54) is 127 Å². The van der Waals surface area contributed by atoms with Gasteiger partial charge in [0.15, 0.2) is 7.28 Å². The third kappa shape index (κ3) is 5.54. The van der Waals surface area contributed by atoms with E-state index in [1.54, 1.807) is 0 Å². The smallest absolute Gasteiger partial charge is 0.198 e. The van der Waals surface area contributed by atoms with Gasteiger partial charge in [0, 0.05) is 55.2 Å². The molecule has 3 aliphatic carbocycles. The molecule has 4 aliphatic rings. The Labute approximate surface area is 403 Å². The summed E-state index contributed by atoms with van der Waals surface area (Å²) in [7, 11) is 0.849. The fourth-order valence-electron chi connectivity index (χ4n) is 13.2. The summed E-state index contributed by atoms with van der Waals surface area (Å²) >= 11 is 0. The molecule has 0 amide bonds. The summed E-state index contributed by atoms with van der Waals surface area (Å²) in [6.07, 6.45) is 0. The van der Waals surface area contributed by atoms with Gasteiger partial charge >= 0.3 is 0 Å². The Balaban J connectivity index is 1.10. The third-order valence-corrected chi connectivity index (χ3v) is 17.1. The van der Waals surface area contributed by atoms with Crippen molar-refractivity contribution in [3.05, 3.63) is 184 Å². The largest absolute Gasteiger partial charge is 0.355 e. The van der Waals surface area contributed by atoms with E-state index in [-0.39, 0.29) is 27.1 Å². The van der Waals surface area contributed by atoms with Crippen LogP contribution in [0.15, 0.2) is 140 Å². The molecule has 0 radical (unpaired) electrons. The Morgan fingerprint density at radius 3 is 1.62 bits per heavy atom. The molecule has 0 saturated heterocycles. The van der Waals surface area contributed by atoms with E-state index in [2.05, 4.69) is 232 Å². The van der Waals surface area contributed by atoms with Gasteiger partial charge in [0.05, 0.1) is 5.52 Å². The van der Waals surface area contributed by atoms with E-state index < -0.39 is 0 Å². The lowest BCUT2D eigenvalue weighted by Crippen LogP contribution is -2.38. The fraction of sp³-hybridized carbons (Fsp3) is 0.262. The Bertz CT molecular complexity index is 3710. The molecule has 1 aromatic heterocycles. The molecule has 0 fully saturated rings. The van der Waals surface area contributed by atoms with Gasteiger partial charge in [0.25, 0.3) is 0 Å². The van der Waals surface area contributed by atoms with Crippen LogP contribution in [0, 0.1) is 0 Å². The van der Waals surface area contributed by atoms with E-state index >= 15 is 0 Å². The number of aromatic nitrogens is 1. The predicted molar refractivity (Wildman–Crippen MR) is 292 cm³/mol. The summed E-state index contributed by atoms with van der Waals surface area (Å²) in [4.78, 5) is 0. The second-order valence-electron chi connectivity index (χ2n) is 24.3. The first-order valence-corrected chi connectivity index (χ1v) is 25.0. The average Bonchev–Trinajstić information content (AvgIpc) is 3.91. The molecule has 9 aromatic rings. The first-order chi connectivity index (χ1) is 32.2. The van der Waals surface area contributed by atoms with Gasteiger partial charge in [-0.15, -0.1) is 0 Å². The van der Waals surface area contributed by atoms with Gasteiger partial charge in [0.1, 0.15) is 0 Å². The van der Waals surface area contributed by atoms with Gasteiger partial charge in [-0.05, 0) is 142 Å². The predicted octanol–water partition coefficient (Wildman–Crippen LogP) is 15.4. The maximum absolute atomic E-state index is 4.05. The van der Waals surface area contributed by atoms with E-state index in [0.29, 0.717) is 0 Å². The molecule has 1 aliphatic heterocycles. The number of benzene rings is 8. The minimum absolute atomic E-state index is 0.0568. The number of nitrogens with zero attached hydrogens (tertiary/aromatic N) is 1. The van der Waals surface area contributed by atoms with Crippen molar-refractivity contribution in [1.29, 1.82) is 0 Å². The molecule has 68 heavy (non-hydrogen) atoms. The molecule has 2 nitrogen and oxygen atoms in total. The zero-order valence-corrected chi connectivity index (χ0v) is 41.9. The number of fused-ring (bicyclic) bond motifs is 14.